The third kappa shape index (κ3) is 3.54. The number of nitrogens with zero attached hydrogens (tertiary/aromatic N) is 2. The number of benzene rings is 1. The Morgan fingerprint density at radius 2 is 2.15 bits per heavy atom. The standard InChI is InChI=1S/C21H28N4O/c1-25(14-20-18-9-2-3-10-19(18)23-24-20)21(26)16-7-4-6-15(12-16)17-8-5-11-22-13-17/h4,6-7,12,17,22H,2-3,5,8-11,13-14H2,1H3,(H,23,24)/t17-/m1/s1. The van der Waals surface area contributed by atoms with Gasteiger partial charge in [0.15, 0.2) is 0 Å². The SMILES string of the molecule is CN(Cc1n[nH]c2c1CCCC2)C(=O)c1cccc([C@@H]2CCCNC2)c1. The zero-order valence-electron chi connectivity index (χ0n) is 15.6. The first-order valence-electron chi connectivity index (χ1n) is 9.83. The van der Waals surface area contributed by atoms with Gasteiger partial charge in [0, 0.05) is 24.8 Å². The second-order valence-corrected chi connectivity index (χ2v) is 7.66. The molecule has 0 saturated carbocycles. The first kappa shape index (κ1) is 17.3. The maximum Gasteiger partial charge on any atom is 0.253 e. The van der Waals surface area contributed by atoms with Crippen molar-refractivity contribution in [1.82, 2.24) is 20.4 Å². The quantitative estimate of drug-likeness (QED) is 0.889. The molecular weight excluding hydrogens is 324 g/mol. The molecule has 26 heavy (non-hydrogen) atoms. The van der Waals surface area contributed by atoms with Crippen LogP contribution in [0.25, 0.3) is 0 Å². The molecular formula is C21H28N4O. The third-order valence-corrected chi connectivity index (χ3v) is 5.78. The Hall–Kier alpha value is -2.14. The minimum absolute atomic E-state index is 0.0724. The van der Waals surface area contributed by atoms with E-state index >= 15 is 0 Å². The van der Waals surface area contributed by atoms with Crippen molar-refractivity contribution in [2.24, 2.45) is 0 Å². The summed E-state index contributed by atoms with van der Waals surface area (Å²) < 4.78 is 0. The van der Waals surface area contributed by atoms with Crippen LogP contribution in [-0.2, 0) is 19.4 Å². The van der Waals surface area contributed by atoms with Gasteiger partial charge in [-0.2, -0.15) is 5.10 Å². The van der Waals surface area contributed by atoms with Gasteiger partial charge in [0.1, 0.15) is 0 Å². The summed E-state index contributed by atoms with van der Waals surface area (Å²) >= 11 is 0. The van der Waals surface area contributed by atoms with Crippen molar-refractivity contribution in [3.05, 3.63) is 52.3 Å². The Kier molecular flexibility index (Phi) is 5.07. The lowest BCUT2D eigenvalue weighted by molar-refractivity contribution is 0.0783. The summed E-state index contributed by atoms with van der Waals surface area (Å²) in [7, 11) is 1.88. The first-order chi connectivity index (χ1) is 12.7. The van der Waals surface area contributed by atoms with Gasteiger partial charge in [0.2, 0.25) is 0 Å². The fourth-order valence-corrected chi connectivity index (χ4v) is 4.26. The zero-order chi connectivity index (χ0) is 17.9. The molecule has 1 saturated heterocycles. The maximum absolute atomic E-state index is 12.9. The van der Waals surface area contributed by atoms with Crippen LogP contribution < -0.4 is 5.32 Å². The van der Waals surface area contributed by atoms with Crippen LogP contribution in [0, 0.1) is 0 Å². The number of aromatic amines is 1. The van der Waals surface area contributed by atoms with Crippen molar-refractivity contribution in [2.75, 3.05) is 20.1 Å². The fourth-order valence-electron chi connectivity index (χ4n) is 4.26. The van der Waals surface area contributed by atoms with E-state index in [4.69, 9.17) is 0 Å². The van der Waals surface area contributed by atoms with Gasteiger partial charge in [-0.25, -0.2) is 0 Å². The minimum Gasteiger partial charge on any atom is -0.336 e. The van der Waals surface area contributed by atoms with Gasteiger partial charge in [0.25, 0.3) is 5.91 Å². The topological polar surface area (TPSA) is 61.0 Å². The third-order valence-electron chi connectivity index (χ3n) is 5.78. The first-order valence-corrected chi connectivity index (χ1v) is 9.83. The van der Waals surface area contributed by atoms with Crippen molar-refractivity contribution >= 4 is 5.91 Å². The normalized spacial score (nSPS) is 19.8. The van der Waals surface area contributed by atoms with E-state index in [1.807, 2.05) is 19.2 Å². The van der Waals surface area contributed by atoms with Gasteiger partial charge in [-0.3, -0.25) is 9.89 Å². The fraction of sp³-hybridized carbons (Fsp3) is 0.524. The van der Waals surface area contributed by atoms with Gasteiger partial charge >= 0.3 is 0 Å². The number of H-pyrrole nitrogens is 1. The second-order valence-electron chi connectivity index (χ2n) is 7.66. The number of piperidine rings is 1. The van der Waals surface area contributed by atoms with E-state index in [9.17, 15) is 4.79 Å². The lowest BCUT2D eigenvalue weighted by atomic mass is 9.90. The van der Waals surface area contributed by atoms with Crippen molar-refractivity contribution in [2.45, 2.75) is 51.0 Å². The Morgan fingerprint density at radius 1 is 1.27 bits per heavy atom. The van der Waals surface area contributed by atoms with Gasteiger partial charge < -0.3 is 10.2 Å². The zero-order valence-corrected chi connectivity index (χ0v) is 15.6. The lowest BCUT2D eigenvalue weighted by Gasteiger charge is -2.24. The molecule has 4 rings (SSSR count). The number of fused-ring (bicyclic) bond motifs is 1. The molecule has 2 aromatic rings. The molecule has 5 heteroatoms. The van der Waals surface area contributed by atoms with Crippen LogP contribution in [0.3, 0.4) is 0 Å². The van der Waals surface area contributed by atoms with Crippen LogP contribution in [-0.4, -0.2) is 41.1 Å². The van der Waals surface area contributed by atoms with Gasteiger partial charge in [-0.05, 0) is 74.2 Å². The molecule has 1 aliphatic heterocycles. The van der Waals surface area contributed by atoms with E-state index in [1.165, 1.54) is 42.5 Å². The Balaban J connectivity index is 1.47. The minimum atomic E-state index is 0.0724. The Bertz CT molecular complexity index is 776. The molecule has 1 aliphatic carbocycles. The monoisotopic (exact) mass is 352 g/mol. The number of aryl methyl sites for hydroxylation is 1. The molecule has 5 nitrogen and oxygen atoms in total. The second kappa shape index (κ2) is 7.62. The summed E-state index contributed by atoms with van der Waals surface area (Å²) in [5, 5.41) is 11.1. The molecule has 138 valence electrons. The summed E-state index contributed by atoms with van der Waals surface area (Å²) in [5.74, 6) is 0.586. The predicted molar refractivity (Wildman–Crippen MR) is 102 cm³/mol. The van der Waals surface area contributed by atoms with E-state index in [1.54, 1.807) is 4.90 Å². The molecule has 1 amide bonds. The number of hydrogen-bond acceptors (Lipinski definition) is 3. The predicted octanol–water partition coefficient (Wildman–Crippen LogP) is 3.03. The van der Waals surface area contributed by atoms with E-state index in [0.717, 1.165) is 37.2 Å². The highest BCUT2D eigenvalue weighted by Gasteiger charge is 2.21. The molecule has 0 bridgehead atoms. The number of hydrogen-bond donors (Lipinski definition) is 2. The van der Waals surface area contributed by atoms with E-state index in [-0.39, 0.29) is 5.91 Å². The molecule has 2 heterocycles. The van der Waals surface area contributed by atoms with Crippen LogP contribution >= 0.6 is 0 Å². The van der Waals surface area contributed by atoms with Crippen molar-refractivity contribution in [3.8, 4) is 0 Å². The molecule has 1 aromatic heterocycles. The molecule has 0 radical (unpaired) electrons. The number of carbonyl (C=O) groups excluding carboxylic acids is 1. The van der Waals surface area contributed by atoms with Crippen LogP contribution in [0.4, 0.5) is 0 Å². The molecule has 1 fully saturated rings. The molecule has 0 unspecified atom stereocenters. The van der Waals surface area contributed by atoms with Crippen LogP contribution in [0.15, 0.2) is 24.3 Å². The Labute approximate surface area is 155 Å². The van der Waals surface area contributed by atoms with Crippen molar-refractivity contribution in [1.29, 1.82) is 0 Å². The van der Waals surface area contributed by atoms with Gasteiger partial charge in [-0.15, -0.1) is 0 Å². The van der Waals surface area contributed by atoms with E-state index in [0.29, 0.717) is 12.5 Å². The van der Waals surface area contributed by atoms with Crippen molar-refractivity contribution < 1.29 is 4.79 Å². The van der Waals surface area contributed by atoms with Crippen LogP contribution in [0.1, 0.15) is 64.5 Å². The van der Waals surface area contributed by atoms with Gasteiger partial charge in [-0.1, -0.05) is 12.1 Å². The van der Waals surface area contributed by atoms with Crippen LogP contribution in [0.2, 0.25) is 0 Å². The van der Waals surface area contributed by atoms with Crippen LogP contribution in [0.5, 0.6) is 0 Å². The average molecular weight is 352 g/mol. The average Bonchev–Trinajstić information content (AvgIpc) is 3.11. The summed E-state index contributed by atoms with van der Waals surface area (Å²) in [5.41, 5.74) is 5.67. The summed E-state index contributed by atoms with van der Waals surface area (Å²) in [6.07, 6.45) is 7.00. The number of rotatable bonds is 4. The van der Waals surface area contributed by atoms with E-state index in [2.05, 4.69) is 27.6 Å². The van der Waals surface area contributed by atoms with E-state index < -0.39 is 0 Å². The highest BCUT2D eigenvalue weighted by atomic mass is 16.2. The number of aromatic nitrogens is 2. The highest BCUT2D eigenvalue weighted by molar-refractivity contribution is 5.94. The number of amides is 1. The maximum atomic E-state index is 12.9. The molecule has 0 spiro atoms. The lowest BCUT2D eigenvalue weighted by Crippen LogP contribution is -2.29. The molecule has 1 aromatic carbocycles. The number of nitrogens with one attached hydrogen (secondary N) is 2. The molecule has 1 atom stereocenters. The molecule has 2 aliphatic rings. The smallest absolute Gasteiger partial charge is 0.253 e. The highest BCUT2D eigenvalue weighted by Crippen LogP contribution is 2.25. The largest absolute Gasteiger partial charge is 0.336 e. The summed E-state index contributed by atoms with van der Waals surface area (Å²) in [6, 6.07) is 8.18. The number of carbonyl (C=O) groups is 1. The van der Waals surface area contributed by atoms with Gasteiger partial charge in [0.05, 0.1) is 12.2 Å². The molecule has 2 N–H and O–H groups in total. The summed E-state index contributed by atoms with van der Waals surface area (Å²) in [6.45, 7) is 2.68. The van der Waals surface area contributed by atoms with Crippen molar-refractivity contribution in [3.63, 3.8) is 0 Å². The Morgan fingerprint density at radius 3 is 3.00 bits per heavy atom. The summed E-state index contributed by atoms with van der Waals surface area (Å²) in [4.78, 5) is 14.7.